The Labute approximate surface area is 175 Å². The van der Waals surface area contributed by atoms with Gasteiger partial charge in [0.25, 0.3) is 11.5 Å². The Balaban J connectivity index is 2.06. The summed E-state index contributed by atoms with van der Waals surface area (Å²) in [5.74, 6) is -1.21. The van der Waals surface area contributed by atoms with Gasteiger partial charge in [-0.05, 0) is 49.7 Å². The van der Waals surface area contributed by atoms with Crippen LogP contribution in [0.4, 0.5) is 5.69 Å². The molecule has 1 heterocycles. The third-order valence-corrected chi connectivity index (χ3v) is 4.63. The van der Waals surface area contributed by atoms with E-state index in [0.29, 0.717) is 11.3 Å². The lowest BCUT2D eigenvalue weighted by Gasteiger charge is -2.13. The Bertz CT molecular complexity index is 1120. The zero-order valence-electron chi connectivity index (χ0n) is 15.8. The number of amides is 1. The number of carbonyl (C=O) groups excluding carboxylic acids is 2. The van der Waals surface area contributed by atoms with Crippen molar-refractivity contribution in [2.24, 2.45) is 0 Å². The van der Waals surface area contributed by atoms with E-state index in [0.717, 1.165) is 14.7 Å². The average molecular weight is 456 g/mol. The number of rotatable bonds is 5. The summed E-state index contributed by atoms with van der Waals surface area (Å²) >= 11 is 3.31. The maximum Gasteiger partial charge on any atom is 0.360 e. The molecule has 0 aliphatic rings. The second-order valence-electron chi connectivity index (χ2n) is 6.12. The van der Waals surface area contributed by atoms with Gasteiger partial charge in [0.1, 0.15) is 0 Å². The molecule has 0 fully saturated rings. The zero-order chi connectivity index (χ0) is 21.0. The van der Waals surface area contributed by atoms with Crippen LogP contribution in [0.3, 0.4) is 0 Å². The molecule has 2 aromatic carbocycles. The molecule has 0 unspecified atom stereocenters. The number of benzene rings is 2. The monoisotopic (exact) mass is 455 g/mol. The van der Waals surface area contributed by atoms with Crippen LogP contribution in [0.1, 0.15) is 33.3 Å². The topological polar surface area (TPSA) is 90.3 Å². The first-order valence-corrected chi connectivity index (χ1v) is 9.64. The molecule has 0 bridgehead atoms. The van der Waals surface area contributed by atoms with E-state index in [2.05, 4.69) is 26.3 Å². The molecule has 148 valence electrons. The molecule has 3 rings (SSSR count). The summed E-state index contributed by atoms with van der Waals surface area (Å²) in [5.41, 5.74) is 1.06. The van der Waals surface area contributed by atoms with Crippen molar-refractivity contribution in [3.8, 4) is 5.69 Å². The highest BCUT2D eigenvalue weighted by molar-refractivity contribution is 9.10. The maximum absolute atomic E-state index is 12.7. The fourth-order valence-electron chi connectivity index (χ4n) is 2.67. The van der Waals surface area contributed by atoms with E-state index in [1.54, 1.807) is 43.3 Å². The number of carbonyl (C=O) groups is 2. The van der Waals surface area contributed by atoms with E-state index < -0.39 is 17.4 Å². The van der Waals surface area contributed by atoms with Gasteiger partial charge < -0.3 is 10.1 Å². The Morgan fingerprint density at radius 3 is 2.48 bits per heavy atom. The van der Waals surface area contributed by atoms with Crippen LogP contribution in [-0.4, -0.2) is 28.3 Å². The second kappa shape index (κ2) is 8.83. The average Bonchev–Trinajstić information content (AvgIpc) is 2.69. The molecular formula is C21H18BrN3O4. The Kier molecular flexibility index (Phi) is 6.23. The van der Waals surface area contributed by atoms with Crippen LogP contribution >= 0.6 is 15.9 Å². The lowest BCUT2D eigenvalue weighted by atomic mass is 10.2. The summed E-state index contributed by atoms with van der Waals surface area (Å²) in [5, 5.41) is 6.78. The first-order chi connectivity index (χ1) is 13.9. The molecule has 29 heavy (non-hydrogen) atoms. The van der Waals surface area contributed by atoms with E-state index in [9.17, 15) is 14.4 Å². The van der Waals surface area contributed by atoms with Crippen molar-refractivity contribution in [2.45, 2.75) is 13.8 Å². The van der Waals surface area contributed by atoms with Gasteiger partial charge in [-0.2, -0.15) is 9.78 Å². The molecular weight excluding hydrogens is 438 g/mol. The van der Waals surface area contributed by atoms with Gasteiger partial charge in [0.05, 0.1) is 18.0 Å². The molecule has 1 aromatic heterocycles. The molecule has 0 spiro atoms. The summed E-state index contributed by atoms with van der Waals surface area (Å²) in [6.07, 6.45) is 0. The van der Waals surface area contributed by atoms with Gasteiger partial charge >= 0.3 is 5.97 Å². The van der Waals surface area contributed by atoms with Gasteiger partial charge in [-0.25, -0.2) is 4.79 Å². The minimum atomic E-state index is -0.735. The van der Waals surface area contributed by atoms with Crippen LogP contribution in [0.5, 0.6) is 0 Å². The molecule has 3 aromatic rings. The molecule has 0 aliphatic heterocycles. The van der Waals surface area contributed by atoms with E-state index in [1.165, 1.54) is 6.07 Å². The van der Waals surface area contributed by atoms with Crippen molar-refractivity contribution in [3.05, 3.63) is 86.2 Å². The van der Waals surface area contributed by atoms with Gasteiger partial charge in [0.15, 0.2) is 5.69 Å². The Morgan fingerprint density at radius 2 is 1.83 bits per heavy atom. The number of anilines is 1. The van der Waals surface area contributed by atoms with Crippen LogP contribution in [0.2, 0.25) is 0 Å². The van der Waals surface area contributed by atoms with Gasteiger partial charge in [-0.15, -0.1) is 0 Å². The van der Waals surface area contributed by atoms with E-state index in [-0.39, 0.29) is 18.0 Å². The molecule has 0 saturated carbocycles. The van der Waals surface area contributed by atoms with Gasteiger partial charge in [-0.1, -0.05) is 34.1 Å². The molecule has 0 aliphatic carbocycles. The molecule has 0 saturated heterocycles. The quantitative estimate of drug-likeness (QED) is 0.591. The van der Waals surface area contributed by atoms with Crippen molar-refractivity contribution in [1.29, 1.82) is 0 Å². The third-order valence-electron chi connectivity index (χ3n) is 4.10. The minimum absolute atomic E-state index is 0.00815. The van der Waals surface area contributed by atoms with Crippen LogP contribution < -0.4 is 10.9 Å². The Morgan fingerprint density at radius 1 is 1.14 bits per heavy atom. The molecule has 0 atom stereocenters. The number of nitrogens with one attached hydrogen (secondary N) is 1. The number of esters is 1. The van der Waals surface area contributed by atoms with Crippen LogP contribution in [0, 0.1) is 6.92 Å². The summed E-state index contributed by atoms with van der Waals surface area (Å²) in [7, 11) is 0. The first-order valence-electron chi connectivity index (χ1n) is 8.85. The van der Waals surface area contributed by atoms with E-state index in [1.807, 2.05) is 19.1 Å². The molecule has 1 amide bonds. The standard InChI is InChI=1S/C21H18BrN3O4/c1-3-29-21(28)19-16(23-20(27)14-8-10-15(22)11-9-14)12-18(26)25(24-19)17-7-5-4-6-13(17)2/h4-12H,3H2,1-2H3,(H,23,27). The summed E-state index contributed by atoms with van der Waals surface area (Å²) in [4.78, 5) is 37.7. The Hall–Kier alpha value is -3.26. The van der Waals surface area contributed by atoms with Crippen molar-refractivity contribution in [1.82, 2.24) is 9.78 Å². The summed E-state index contributed by atoms with van der Waals surface area (Å²) in [6.45, 7) is 3.62. The van der Waals surface area contributed by atoms with Gasteiger partial charge in [0, 0.05) is 16.1 Å². The second-order valence-corrected chi connectivity index (χ2v) is 7.04. The highest BCUT2D eigenvalue weighted by Gasteiger charge is 2.21. The zero-order valence-corrected chi connectivity index (χ0v) is 17.4. The SMILES string of the molecule is CCOC(=O)c1nn(-c2ccccc2C)c(=O)cc1NC(=O)c1ccc(Br)cc1. The van der Waals surface area contributed by atoms with Crippen molar-refractivity contribution in [3.63, 3.8) is 0 Å². The lowest BCUT2D eigenvalue weighted by molar-refractivity contribution is 0.0518. The van der Waals surface area contributed by atoms with Crippen LogP contribution in [-0.2, 0) is 4.74 Å². The molecule has 8 heteroatoms. The third kappa shape index (κ3) is 4.60. The largest absolute Gasteiger partial charge is 0.461 e. The van der Waals surface area contributed by atoms with Gasteiger partial charge in [-0.3, -0.25) is 9.59 Å². The van der Waals surface area contributed by atoms with E-state index >= 15 is 0 Å². The maximum atomic E-state index is 12.7. The summed E-state index contributed by atoms with van der Waals surface area (Å²) in [6, 6.07) is 15.0. The first kappa shape index (κ1) is 20.5. The molecule has 0 radical (unpaired) electrons. The number of hydrogen-bond acceptors (Lipinski definition) is 5. The highest BCUT2D eigenvalue weighted by Crippen LogP contribution is 2.17. The fourth-order valence-corrected chi connectivity index (χ4v) is 2.94. The van der Waals surface area contributed by atoms with Crippen molar-refractivity contribution >= 4 is 33.5 Å². The normalized spacial score (nSPS) is 10.4. The number of aryl methyl sites for hydroxylation is 1. The number of ether oxygens (including phenoxy) is 1. The summed E-state index contributed by atoms with van der Waals surface area (Å²) < 4.78 is 7.00. The van der Waals surface area contributed by atoms with Crippen LogP contribution in [0.15, 0.2) is 63.9 Å². The highest BCUT2D eigenvalue weighted by atomic mass is 79.9. The minimum Gasteiger partial charge on any atom is -0.461 e. The molecule has 7 nitrogen and oxygen atoms in total. The van der Waals surface area contributed by atoms with Crippen LogP contribution in [0.25, 0.3) is 5.69 Å². The fraction of sp³-hybridized carbons (Fsp3) is 0.143. The predicted molar refractivity (Wildman–Crippen MR) is 113 cm³/mol. The van der Waals surface area contributed by atoms with Crippen molar-refractivity contribution in [2.75, 3.05) is 11.9 Å². The predicted octanol–water partition coefficient (Wildman–Crippen LogP) is 3.73. The smallest absolute Gasteiger partial charge is 0.360 e. The number of nitrogens with zero attached hydrogens (tertiary/aromatic N) is 2. The number of para-hydroxylation sites is 1. The van der Waals surface area contributed by atoms with Gasteiger partial charge in [0.2, 0.25) is 0 Å². The van der Waals surface area contributed by atoms with Crippen molar-refractivity contribution < 1.29 is 14.3 Å². The number of hydrogen-bond donors (Lipinski definition) is 1. The molecule has 1 N–H and O–H groups in total. The lowest BCUT2D eigenvalue weighted by Crippen LogP contribution is -2.27. The number of aromatic nitrogens is 2. The number of halogens is 1. The van der Waals surface area contributed by atoms with E-state index in [4.69, 9.17) is 4.74 Å².